The van der Waals surface area contributed by atoms with Crippen LogP contribution in [0.1, 0.15) is 24.2 Å². The number of hydrogen-bond acceptors (Lipinski definition) is 2. The summed E-state index contributed by atoms with van der Waals surface area (Å²) >= 11 is 3.27. The van der Waals surface area contributed by atoms with Crippen molar-refractivity contribution in [2.24, 2.45) is 0 Å². The van der Waals surface area contributed by atoms with Crippen LogP contribution in [0.15, 0.2) is 28.7 Å². The predicted molar refractivity (Wildman–Crippen MR) is 54.8 cm³/mol. The summed E-state index contributed by atoms with van der Waals surface area (Å²) in [4.78, 5) is 11.5. The van der Waals surface area contributed by atoms with Gasteiger partial charge in [0.15, 0.2) is 5.78 Å². The molecule has 1 N–H and O–H groups in total. The lowest BCUT2D eigenvalue weighted by Gasteiger charge is -2.15. The molecule has 0 saturated carbocycles. The minimum absolute atomic E-state index is 0.264. The average molecular weight is 243 g/mol. The van der Waals surface area contributed by atoms with Crippen LogP contribution in [0, 0.1) is 0 Å². The van der Waals surface area contributed by atoms with E-state index in [4.69, 9.17) is 0 Å². The number of aliphatic hydroxyl groups is 1. The Bertz CT molecular complexity index is 309. The van der Waals surface area contributed by atoms with Gasteiger partial charge in [0.05, 0.1) is 0 Å². The first kappa shape index (κ1) is 10.4. The number of ketones is 1. The molecule has 2 nitrogen and oxygen atoms in total. The maximum absolute atomic E-state index is 11.5. The van der Waals surface area contributed by atoms with Crippen molar-refractivity contribution in [2.45, 2.75) is 19.4 Å². The third kappa shape index (κ3) is 2.64. The second-order valence-electron chi connectivity index (χ2n) is 3.40. The third-order valence-corrected chi connectivity index (χ3v) is 2.19. The van der Waals surface area contributed by atoms with Crippen LogP contribution in [-0.2, 0) is 0 Å². The zero-order valence-electron chi connectivity index (χ0n) is 7.54. The molecule has 0 aliphatic heterocycles. The van der Waals surface area contributed by atoms with Crippen LogP contribution in [0.3, 0.4) is 0 Å². The van der Waals surface area contributed by atoms with Gasteiger partial charge in [-0.2, -0.15) is 0 Å². The highest BCUT2D eigenvalue weighted by Crippen LogP contribution is 2.15. The minimum Gasteiger partial charge on any atom is -0.382 e. The number of carbonyl (C=O) groups is 1. The molecule has 1 aromatic rings. The van der Waals surface area contributed by atoms with E-state index in [9.17, 15) is 9.90 Å². The number of halogens is 1. The summed E-state index contributed by atoms with van der Waals surface area (Å²) in [6.07, 6.45) is 0. The van der Waals surface area contributed by atoms with Gasteiger partial charge in [-0.25, -0.2) is 0 Å². The standard InChI is InChI=1S/C10H11BrO2/c1-10(2,13)9(12)7-3-5-8(11)6-4-7/h3-6,13H,1-2H3. The average Bonchev–Trinajstić information content (AvgIpc) is 2.03. The van der Waals surface area contributed by atoms with Gasteiger partial charge in [0.2, 0.25) is 0 Å². The molecule has 3 heteroatoms. The zero-order valence-corrected chi connectivity index (χ0v) is 9.13. The van der Waals surface area contributed by atoms with Crippen molar-refractivity contribution in [1.82, 2.24) is 0 Å². The van der Waals surface area contributed by atoms with E-state index in [-0.39, 0.29) is 5.78 Å². The number of carbonyl (C=O) groups excluding carboxylic acids is 1. The van der Waals surface area contributed by atoms with Crippen molar-refractivity contribution in [2.75, 3.05) is 0 Å². The lowest BCUT2D eigenvalue weighted by Crippen LogP contribution is -2.30. The van der Waals surface area contributed by atoms with Gasteiger partial charge in [-0.05, 0) is 26.0 Å². The number of Topliss-reactive ketones (excluding diaryl/α,β-unsaturated/α-hetero) is 1. The molecular weight excluding hydrogens is 232 g/mol. The molecule has 0 heterocycles. The van der Waals surface area contributed by atoms with E-state index in [2.05, 4.69) is 15.9 Å². The first-order valence-corrected chi connectivity index (χ1v) is 4.73. The van der Waals surface area contributed by atoms with Crippen molar-refractivity contribution in [3.8, 4) is 0 Å². The first-order valence-electron chi connectivity index (χ1n) is 3.94. The van der Waals surface area contributed by atoms with Gasteiger partial charge in [0, 0.05) is 10.0 Å². The van der Waals surface area contributed by atoms with Crippen molar-refractivity contribution in [1.29, 1.82) is 0 Å². The van der Waals surface area contributed by atoms with Gasteiger partial charge >= 0.3 is 0 Å². The van der Waals surface area contributed by atoms with E-state index in [1.165, 1.54) is 13.8 Å². The van der Waals surface area contributed by atoms with Crippen LogP contribution in [-0.4, -0.2) is 16.5 Å². The molecule has 13 heavy (non-hydrogen) atoms. The van der Waals surface area contributed by atoms with Gasteiger partial charge in [-0.3, -0.25) is 4.79 Å². The largest absolute Gasteiger partial charge is 0.382 e. The molecule has 0 radical (unpaired) electrons. The summed E-state index contributed by atoms with van der Waals surface area (Å²) in [5.74, 6) is -0.264. The lowest BCUT2D eigenvalue weighted by atomic mass is 9.97. The fourth-order valence-corrected chi connectivity index (χ4v) is 1.22. The van der Waals surface area contributed by atoms with Crippen molar-refractivity contribution < 1.29 is 9.90 Å². The van der Waals surface area contributed by atoms with E-state index in [1.807, 2.05) is 0 Å². The first-order chi connectivity index (χ1) is 5.91. The van der Waals surface area contributed by atoms with Crippen LogP contribution in [0.2, 0.25) is 0 Å². The normalized spacial score (nSPS) is 11.4. The molecule has 0 amide bonds. The Balaban J connectivity index is 2.97. The number of rotatable bonds is 2. The molecule has 1 rings (SSSR count). The molecule has 0 unspecified atom stereocenters. The Morgan fingerprint density at radius 1 is 1.31 bits per heavy atom. The van der Waals surface area contributed by atoms with Crippen molar-refractivity contribution in [3.63, 3.8) is 0 Å². The lowest BCUT2D eigenvalue weighted by molar-refractivity contribution is 0.0488. The Hall–Kier alpha value is -0.670. The van der Waals surface area contributed by atoms with Crippen molar-refractivity contribution >= 4 is 21.7 Å². The molecule has 0 fully saturated rings. The van der Waals surface area contributed by atoms with Gasteiger partial charge in [-0.1, -0.05) is 28.1 Å². The van der Waals surface area contributed by atoms with Crippen LogP contribution in [0.5, 0.6) is 0 Å². The van der Waals surface area contributed by atoms with E-state index in [0.29, 0.717) is 5.56 Å². The molecule has 0 aromatic heterocycles. The summed E-state index contributed by atoms with van der Waals surface area (Å²) in [7, 11) is 0. The molecule has 0 bridgehead atoms. The van der Waals surface area contributed by atoms with Gasteiger partial charge in [0.25, 0.3) is 0 Å². The highest BCUT2D eigenvalue weighted by molar-refractivity contribution is 9.10. The topological polar surface area (TPSA) is 37.3 Å². The van der Waals surface area contributed by atoms with Crippen molar-refractivity contribution in [3.05, 3.63) is 34.3 Å². The Morgan fingerprint density at radius 2 is 1.77 bits per heavy atom. The van der Waals surface area contributed by atoms with Gasteiger partial charge < -0.3 is 5.11 Å². The summed E-state index contributed by atoms with van der Waals surface area (Å²) in [5.41, 5.74) is -0.774. The summed E-state index contributed by atoms with van der Waals surface area (Å²) in [5, 5.41) is 9.45. The molecule has 0 atom stereocenters. The van der Waals surface area contributed by atoms with Crippen LogP contribution in [0.25, 0.3) is 0 Å². The molecular formula is C10H11BrO2. The number of benzene rings is 1. The maximum atomic E-state index is 11.5. The van der Waals surface area contributed by atoms with E-state index in [1.54, 1.807) is 24.3 Å². The van der Waals surface area contributed by atoms with E-state index < -0.39 is 5.60 Å². The highest BCUT2D eigenvalue weighted by Gasteiger charge is 2.24. The summed E-state index contributed by atoms with van der Waals surface area (Å²) in [6.45, 7) is 2.97. The smallest absolute Gasteiger partial charge is 0.193 e. The Morgan fingerprint density at radius 3 is 2.15 bits per heavy atom. The van der Waals surface area contributed by atoms with Gasteiger partial charge in [0.1, 0.15) is 5.60 Å². The zero-order chi connectivity index (χ0) is 10.1. The molecule has 0 saturated heterocycles. The van der Waals surface area contributed by atoms with Gasteiger partial charge in [-0.15, -0.1) is 0 Å². The predicted octanol–water partition coefficient (Wildman–Crippen LogP) is 2.40. The monoisotopic (exact) mass is 242 g/mol. The molecule has 0 aliphatic carbocycles. The fraction of sp³-hybridized carbons (Fsp3) is 0.300. The fourth-order valence-electron chi connectivity index (χ4n) is 0.954. The molecule has 1 aromatic carbocycles. The third-order valence-electron chi connectivity index (χ3n) is 1.66. The van der Waals surface area contributed by atoms with Crippen LogP contribution < -0.4 is 0 Å². The van der Waals surface area contributed by atoms with E-state index in [0.717, 1.165) is 4.47 Å². The summed E-state index contributed by atoms with van der Waals surface area (Å²) < 4.78 is 0.916. The van der Waals surface area contributed by atoms with Crippen LogP contribution in [0.4, 0.5) is 0 Å². The highest BCUT2D eigenvalue weighted by atomic mass is 79.9. The molecule has 0 spiro atoms. The summed E-state index contributed by atoms with van der Waals surface area (Å²) in [6, 6.07) is 6.92. The number of hydrogen-bond donors (Lipinski definition) is 1. The van der Waals surface area contributed by atoms with Crippen LogP contribution >= 0.6 is 15.9 Å². The molecule has 70 valence electrons. The Kier molecular flexibility index (Phi) is 2.88. The second-order valence-corrected chi connectivity index (χ2v) is 4.31. The Labute approximate surface area is 85.7 Å². The second kappa shape index (κ2) is 3.60. The maximum Gasteiger partial charge on any atom is 0.193 e. The SMILES string of the molecule is CC(C)(O)C(=O)c1ccc(Br)cc1. The minimum atomic E-state index is -1.30. The quantitative estimate of drug-likeness (QED) is 0.810. The van der Waals surface area contributed by atoms with E-state index >= 15 is 0 Å². The molecule has 0 aliphatic rings.